The Hall–Kier alpha value is -2.11. The van der Waals surface area contributed by atoms with E-state index in [1.54, 1.807) is 13.0 Å². The van der Waals surface area contributed by atoms with Gasteiger partial charge < -0.3 is 4.74 Å². The van der Waals surface area contributed by atoms with Crippen LogP contribution in [0.2, 0.25) is 0 Å². The maximum Gasteiger partial charge on any atom is 0.417 e. The van der Waals surface area contributed by atoms with Crippen molar-refractivity contribution in [3.05, 3.63) is 41.6 Å². The normalized spacial score (nSPS) is 11.6. The number of carbonyl (C=O) groups excluding carboxylic acids is 1. The third-order valence-electron chi connectivity index (χ3n) is 2.51. The first-order chi connectivity index (χ1) is 8.93. The van der Waals surface area contributed by atoms with Crippen LogP contribution in [-0.4, -0.2) is 17.6 Å². The van der Waals surface area contributed by atoms with E-state index in [0.717, 1.165) is 6.07 Å². The fourth-order valence-corrected chi connectivity index (χ4v) is 1.72. The molecule has 0 saturated carbocycles. The summed E-state index contributed by atoms with van der Waals surface area (Å²) in [7, 11) is 0. The summed E-state index contributed by atoms with van der Waals surface area (Å²) in [6.45, 7) is 1.65. The van der Waals surface area contributed by atoms with Crippen LogP contribution < -0.4 is 0 Å². The van der Waals surface area contributed by atoms with Gasteiger partial charge in [-0.3, -0.25) is 0 Å². The molecule has 0 aliphatic rings. The molecule has 0 fully saturated rings. The highest BCUT2D eigenvalue weighted by Crippen LogP contribution is 2.34. The number of hydrogen-bond donors (Lipinski definition) is 0. The lowest BCUT2D eigenvalue weighted by atomic mass is 10.1. The molecule has 0 spiro atoms. The number of ether oxygens (including phenoxy) is 1. The summed E-state index contributed by atoms with van der Waals surface area (Å²) in [5.41, 5.74) is -1.12. The molecule has 0 aliphatic carbocycles. The van der Waals surface area contributed by atoms with Gasteiger partial charge in [0.05, 0.1) is 17.7 Å². The van der Waals surface area contributed by atoms with Crippen LogP contribution in [0.25, 0.3) is 10.9 Å². The molecule has 1 aromatic carbocycles. The first-order valence-electron chi connectivity index (χ1n) is 5.57. The average molecular weight is 269 g/mol. The van der Waals surface area contributed by atoms with E-state index in [1.165, 1.54) is 18.2 Å². The van der Waals surface area contributed by atoms with E-state index < -0.39 is 17.7 Å². The summed E-state index contributed by atoms with van der Waals surface area (Å²) in [4.78, 5) is 15.4. The van der Waals surface area contributed by atoms with Crippen LogP contribution in [0.5, 0.6) is 0 Å². The molecule has 0 radical (unpaired) electrons. The van der Waals surface area contributed by atoms with Crippen molar-refractivity contribution in [1.29, 1.82) is 0 Å². The molecular formula is C13H10F3NO2. The quantitative estimate of drug-likeness (QED) is 0.784. The van der Waals surface area contributed by atoms with Crippen molar-refractivity contribution in [1.82, 2.24) is 4.98 Å². The monoisotopic (exact) mass is 269 g/mol. The minimum Gasteiger partial charge on any atom is -0.461 e. The number of alkyl halides is 3. The largest absolute Gasteiger partial charge is 0.461 e. The van der Waals surface area contributed by atoms with Crippen LogP contribution in [0.1, 0.15) is 23.0 Å². The van der Waals surface area contributed by atoms with E-state index in [0.29, 0.717) is 0 Å². The second-order valence-corrected chi connectivity index (χ2v) is 3.79. The summed E-state index contributed by atoms with van der Waals surface area (Å²) in [6, 6.07) is 6.52. The van der Waals surface area contributed by atoms with Gasteiger partial charge >= 0.3 is 12.1 Å². The second kappa shape index (κ2) is 4.87. The van der Waals surface area contributed by atoms with Crippen molar-refractivity contribution < 1.29 is 22.7 Å². The molecule has 0 aliphatic heterocycles. The van der Waals surface area contributed by atoms with Crippen LogP contribution in [0.3, 0.4) is 0 Å². The van der Waals surface area contributed by atoms with Gasteiger partial charge in [0.2, 0.25) is 0 Å². The Kier molecular flexibility index (Phi) is 3.42. The Morgan fingerprint density at radius 3 is 2.63 bits per heavy atom. The highest BCUT2D eigenvalue weighted by atomic mass is 19.4. The van der Waals surface area contributed by atoms with Gasteiger partial charge in [0.25, 0.3) is 0 Å². The Morgan fingerprint density at radius 2 is 2.00 bits per heavy atom. The Labute approximate surface area is 107 Å². The number of esters is 1. The molecule has 0 amide bonds. The van der Waals surface area contributed by atoms with Gasteiger partial charge in [-0.05, 0) is 19.1 Å². The molecule has 6 heteroatoms. The molecule has 1 heterocycles. The number of pyridine rings is 1. The minimum atomic E-state index is -4.55. The number of hydrogen-bond acceptors (Lipinski definition) is 3. The Morgan fingerprint density at radius 1 is 1.32 bits per heavy atom. The number of para-hydroxylation sites is 1. The lowest BCUT2D eigenvalue weighted by Gasteiger charge is -2.11. The van der Waals surface area contributed by atoms with Crippen LogP contribution in [0.4, 0.5) is 13.2 Å². The molecule has 3 nitrogen and oxygen atoms in total. The second-order valence-electron chi connectivity index (χ2n) is 3.79. The summed E-state index contributed by atoms with van der Waals surface area (Å²) in [5.74, 6) is -0.862. The fourth-order valence-electron chi connectivity index (χ4n) is 1.72. The number of carbonyl (C=O) groups is 1. The van der Waals surface area contributed by atoms with Crippen molar-refractivity contribution in [2.45, 2.75) is 13.1 Å². The van der Waals surface area contributed by atoms with E-state index >= 15 is 0 Å². The zero-order valence-corrected chi connectivity index (χ0v) is 9.99. The molecule has 0 unspecified atom stereocenters. The molecule has 100 valence electrons. The summed E-state index contributed by atoms with van der Waals surface area (Å²) in [6.07, 6.45) is -4.55. The lowest BCUT2D eigenvalue weighted by Crippen LogP contribution is -2.12. The molecule has 0 N–H and O–H groups in total. The van der Waals surface area contributed by atoms with Crippen molar-refractivity contribution in [3.8, 4) is 0 Å². The van der Waals surface area contributed by atoms with Crippen molar-refractivity contribution in [2.24, 2.45) is 0 Å². The molecule has 19 heavy (non-hydrogen) atoms. The van der Waals surface area contributed by atoms with E-state index in [2.05, 4.69) is 9.72 Å². The molecule has 0 bridgehead atoms. The maximum absolute atomic E-state index is 13.0. The molecule has 2 aromatic rings. The van der Waals surface area contributed by atoms with Crippen LogP contribution in [0, 0.1) is 0 Å². The third-order valence-corrected chi connectivity index (χ3v) is 2.51. The smallest absolute Gasteiger partial charge is 0.417 e. The van der Waals surface area contributed by atoms with E-state index in [-0.39, 0.29) is 23.2 Å². The summed E-state index contributed by atoms with van der Waals surface area (Å²) < 4.78 is 43.6. The average Bonchev–Trinajstić information content (AvgIpc) is 2.36. The summed E-state index contributed by atoms with van der Waals surface area (Å²) >= 11 is 0. The van der Waals surface area contributed by atoms with Gasteiger partial charge in [-0.2, -0.15) is 13.2 Å². The highest BCUT2D eigenvalue weighted by Gasteiger charge is 2.34. The SMILES string of the molecule is CCOC(=O)c1cc(C(F)(F)F)c2ccccc2n1. The first kappa shape index (κ1) is 13.3. The highest BCUT2D eigenvalue weighted by molar-refractivity contribution is 5.92. The molecular weight excluding hydrogens is 259 g/mol. The zero-order valence-electron chi connectivity index (χ0n) is 9.99. The Balaban J connectivity index is 2.67. The van der Waals surface area contributed by atoms with E-state index in [1.807, 2.05) is 0 Å². The predicted octanol–water partition coefficient (Wildman–Crippen LogP) is 3.43. The standard InChI is InChI=1S/C13H10F3NO2/c1-2-19-12(18)11-7-9(13(14,15)16)8-5-3-4-6-10(8)17-11/h3-7H,2H2,1H3. The molecule has 1 aromatic heterocycles. The van der Waals surface area contributed by atoms with Gasteiger partial charge in [-0.25, -0.2) is 9.78 Å². The predicted molar refractivity (Wildman–Crippen MR) is 62.7 cm³/mol. The van der Waals surface area contributed by atoms with Crippen molar-refractivity contribution in [3.63, 3.8) is 0 Å². The maximum atomic E-state index is 13.0. The first-order valence-corrected chi connectivity index (χ1v) is 5.57. The zero-order chi connectivity index (χ0) is 14.0. The van der Waals surface area contributed by atoms with Gasteiger partial charge in [0.1, 0.15) is 5.69 Å². The van der Waals surface area contributed by atoms with Crippen LogP contribution in [0.15, 0.2) is 30.3 Å². The van der Waals surface area contributed by atoms with Crippen LogP contribution in [-0.2, 0) is 10.9 Å². The van der Waals surface area contributed by atoms with E-state index in [4.69, 9.17) is 0 Å². The number of nitrogens with zero attached hydrogens (tertiary/aromatic N) is 1. The number of rotatable bonds is 2. The Bertz CT molecular complexity index is 623. The summed E-state index contributed by atoms with van der Waals surface area (Å²) in [5, 5.41) is -0.0388. The number of aromatic nitrogens is 1. The van der Waals surface area contributed by atoms with Gasteiger partial charge in [0, 0.05) is 5.39 Å². The third kappa shape index (κ3) is 2.67. The van der Waals surface area contributed by atoms with Crippen molar-refractivity contribution in [2.75, 3.05) is 6.61 Å². The van der Waals surface area contributed by atoms with Crippen molar-refractivity contribution >= 4 is 16.9 Å². The number of halogens is 3. The number of fused-ring (bicyclic) bond motifs is 1. The van der Waals surface area contributed by atoms with Gasteiger partial charge in [-0.15, -0.1) is 0 Å². The molecule has 0 saturated heterocycles. The number of benzene rings is 1. The minimum absolute atomic E-state index is 0.0388. The molecule has 2 rings (SSSR count). The fraction of sp³-hybridized carbons (Fsp3) is 0.231. The lowest BCUT2D eigenvalue weighted by molar-refractivity contribution is -0.136. The molecule has 0 atom stereocenters. The van der Waals surface area contributed by atoms with Crippen LogP contribution >= 0.6 is 0 Å². The van der Waals surface area contributed by atoms with Gasteiger partial charge in [-0.1, -0.05) is 18.2 Å². The van der Waals surface area contributed by atoms with Gasteiger partial charge in [0.15, 0.2) is 0 Å². The van der Waals surface area contributed by atoms with E-state index in [9.17, 15) is 18.0 Å². The topological polar surface area (TPSA) is 39.2 Å².